The molecule has 0 saturated carbocycles. The third-order valence-electron chi connectivity index (χ3n) is 2.52. The van der Waals surface area contributed by atoms with E-state index in [0.29, 0.717) is 18.3 Å². The van der Waals surface area contributed by atoms with Gasteiger partial charge in [-0.25, -0.2) is 4.99 Å². The van der Waals surface area contributed by atoms with Gasteiger partial charge in [-0.2, -0.15) is 4.98 Å². The lowest BCUT2D eigenvalue weighted by Gasteiger charge is -2.09. The number of hydrogen-bond donors (Lipinski definition) is 2. The van der Waals surface area contributed by atoms with Gasteiger partial charge >= 0.3 is 0 Å². The Labute approximate surface area is 145 Å². The third-order valence-corrected chi connectivity index (χ3v) is 3.52. The van der Waals surface area contributed by atoms with Crippen molar-refractivity contribution in [3.8, 4) is 0 Å². The molecule has 0 unspecified atom stereocenters. The molecule has 8 heteroatoms. The van der Waals surface area contributed by atoms with E-state index in [0.717, 1.165) is 19.0 Å². The second-order valence-corrected chi connectivity index (χ2v) is 5.66. The van der Waals surface area contributed by atoms with Crippen molar-refractivity contribution < 1.29 is 4.52 Å². The molecule has 0 aliphatic rings. The first-order valence-corrected chi connectivity index (χ1v) is 7.35. The topological polar surface area (TPSA) is 75.3 Å². The number of nitrogens with zero attached hydrogens (tertiary/aromatic N) is 3. The first-order valence-electron chi connectivity index (χ1n) is 6.54. The van der Waals surface area contributed by atoms with Crippen LogP contribution in [-0.2, 0) is 13.1 Å². The summed E-state index contributed by atoms with van der Waals surface area (Å²) in [6.07, 6.45) is 0. The minimum Gasteiger partial charge on any atom is -0.357 e. The number of aliphatic imine (C=N–C) groups is 1. The first-order chi connectivity index (χ1) is 9.67. The number of nitrogens with one attached hydrogen (secondary N) is 2. The van der Waals surface area contributed by atoms with Crippen molar-refractivity contribution in [2.24, 2.45) is 4.99 Å². The number of aromatic nitrogens is 2. The van der Waals surface area contributed by atoms with Gasteiger partial charge in [-0.3, -0.25) is 0 Å². The Balaban J connectivity index is 0.00000220. The average Bonchev–Trinajstić information content (AvgIpc) is 3.02. The molecule has 0 fully saturated rings. The molecule has 116 valence electrons. The highest BCUT2D eigenvalue weighted by Gasteiger charge is 2.03. The van der Waals surface area contributed by atoms with Crippen molar-refractivity contribution >= 4 is 41.3 Å². The van der Waals surface area contributed by atoms with Gasteiger partial charge in [-0.1, -0.05) is 5.16 Å². The van der Waals surface area contributed by atoms with Crippen LogP contribution in [0.25, 0.3) is 0 Å². The molecular formula is C13H20IN5OS. The van der Waals surface area contributed by atoms with Gasteiger partial charge in [0, 0.05) is 23.2 Å². The fourth-order valence-corrected chi connectivity index (χ4v) is 2.48. The zero-order valence-electron chi connectivity index (χ0n) is 12.3. The SMILES string of the molecule is CCNC(=NCc1noc(C)n1)NCc1ccc(C)s1.I. The normalized spacial score (nSPS) is 11.1. The lowest BCUT2D eigenvalue weighted by Crippen LogP contribution is -2.36. The number of hydrogen-bond acceptors (Lipinski definition) is 5. The highest BCUT2D eigenvalue weighted by atomic mass is 127. The molecule has 2 rings (SSSR count). The van der Waals surface area contributed by atoms with Crippen LogP contribution >= 0.6 is 35.3 Å². The maximum Gasteiger partial charge on any atom is 0.223 e. The van der Waals surface area contributed by atoms with Crippen LogP contribution in [0.5, 0.6) is 0 Å². The fourth-order valence-electron chi connectivity index (χ4n) is 1.65. The monoisotopic (exact) mass is 421 g/mol. The molecule has 0 aliphatic carbocycles. The summed E-state index contributed by atoms with van der Waals surface area (Å²) in [5.41, 5.74) is 0. The molecule has 2 aromatic rings. The Kier molecular flexibility index (Phi) is 7.65. The van der Waals surface area contributed by atoms with Crippen LogP contribution in [0.3, 0.4) is 0 Å². The quantitative estimate of drug-likeness (QED) is 0.441. The highest BCUT2D eigenvalue weighted by Crippen LogP contribution is 2.14. The largest absolute Gasteiger partial charge is 0.357 e. The zero-order valence-corrected chi connectivity index (χ0v) is 15.5. The summed E-state index contributed by atoms with van der Waals surface area (Å²) in [7, 11) is 0. The molecule has 2 heterocycles. The predicted molar refractivity (Wildman–Crippen MR) is 95.2 cm³/mol. The van der Waals surface area contributed by atoms with Crippen LogP contribution in [0.4, 0.5) is 0 Å². The van der Waals surface area contributed by atoms with Crippen molar-refractivity contribution in [1.82, 2.24) is 20.8 Å². The van der Waals surface area contributed by atoms with Crippen LogP contribution in [0, 0.1) is 13.8 Å². The van der Waals surface area contributed by atoms with Gasteiger partial charge in [0.05, 0.1) is 6.54 Å². The lowest BCUT2D eigenvalue weighted by molar-refractivity contribution is 0.387. The minimum atomic E-state index is 0. The van der Waals surface area contributed by atoms with Gasteiger partial charge in [0.1, 0.15) is 6.54 Å². The Morgan fingerprint density at radius 1 is 1.33 bits per heavy atom. The first kappa shape index (κ1) is 17.9. The Bertz CT molecular complexity index is 581. The maximum absolute atomic E-state index is 4.92. The molecule has 0 spiro atoms. The van der Waals surface area contributed by atoms with Crippen LogP contribution < -0.4 is 10.6 Å². The number of halogens is 1. The summed E-state index contributed by atoms with van der Waals surface area (Å²) in [6, 6.07) is 4.24. The summed E-state index contributed by atoms with van der Waals surface area (Å²) >= 11 is 1.78. The van der Waals surface area contributed by atoms with Gasteiger partial charge in [0.2, 0.25) is 5.89 Å². The molecule has 0 bridgehead atoms. The van der Waals surface area contributed by atoms with Gasteiger partial charge in [-0.05, 0) is 26.0 Å². The fraction of sp³-hybridized carbons (Fsp3) is 0.462. The second kappa shape index (κ2) is 8.98. The van der Waals surface area contributed by atoms with Gasteiger partial charge in [0.15, 0.2) is 11.8 Å². The highest BCUT2D eigenvalue weighted by molar-refractivity contribution is 14.0. The van der Waals surface area contributed by atoms with E-state index >= 15 is 0 Å². The van der Waals surface area contributed by atoms with E-state index in [-0.39, 0.29) is 24.0 Å². The minimum absolute atomic E-state index is 0. The number of guanidine groups is 1. The number of rotatable bonds is 5. The van der Waals surface area contributed by atoms with Crippen molar-refractivity contribution in [3.05, 3.63) is 33.6 Å². The summed E-state index contributed by atoms with van der Waals surface area (Å²) in [4.78, 5) is 11.2. The number of aryl methyl sites for hydroxylation is 2. The molecule has 2 aromatic heterocycles. The van der Waals surface area contributed by atoms with Gasteiger partial charge in [-0.15, -0.1) is 35.3 Å². The van der Waals surface area contributed by atoms with E-state index < -0.39 is 0 Å². The Hall–Kier alpha value is -1.16. The van der Waals surface area contributed by atoms with E-state index in [1.54, 1.807) is 18.3 Å². The van der Waals surface area contributed by atoms with Crippen molar-refractivity contribution in [2.45, 2.75) is 33.9 Å². The Morgan fingerprint density at radius 3 is 2.71 bits per heavy atom. The summed E-state index contributed by atoms with van der Waals surface area (Å²) in [6.45, 7) is 7.87. The van der Waals surface area contributed by atoms with Crippen LogP contribution in [0.1, 0.15) is 28.4 Å². The molecule has 2 N–H and O–H groups in total. The maximum atomic E-state index is 4.92. The predicted octanol–water partition coefficient (Wildman–Crippen LogP) is 2.62. The molecule has 0 atom stereocenters. The van der Waals surface area contributed by atoms with Crippen LogP contribution in [-0.4, -0.2) is 22.6 Å². The Morgan fingerprint density at radius 2 is 2.14 bits per heavy atom. The van der Waals surface area contributed by atoms with Crippen molar-refractivity contribution in [1.29, 1.82) is 0 Å². The summed E-state index contributed by atoms with van der Waals surface area (Å²) < 4.78 is 4.92. The smallest absolute Gasteiger partial charge is 0.223 e. The molecule has 0 amide bonds. The van der Waals surface area contributed by atoms with Crippen molar-refractivity contribution in [2.75, 3.05) is 6.54 Å². The molecule has 0 aromatic carbocycles. The molecule has 21 heavy (non-hydrogen) atoms. The average molecular weight is 421 g/mol. The molecule has 0 radical (unpaired) electrons. The van der Waals surface area contributed by atoms with Crippen LogP contribution in [0.2, 0.25) is 0 Å². The van der Waals surface area contributed by atoms with E-state index in [2.05, 4.69) is 44.8 Å². The summed E-state index contributed by atoms with van der Waals surface area (Å²) in [5.74, 6) is 1.90. The van der Waals surface area contributed by atoms with E-state index in [9.17, 15) is 0 Å². The van der Waals surface area contributed by atoms with Gasteiger partial charge < -0.3 is 15.2 Å². The standard InChI is InChI=1S/C13H19N5OS.HI/c1-4-14-13(15-7-11-6-5-9(2)20-11)16-8-12-17-10(3)19-18-12;/h5-6H,4,7-8H2,1-3H3,(H2,14,15,16);1H. The van der Waals surface area contributed by atoms with E-state index in [1.807, 2.05) is 6.92 Å². The van der Waals surface area contributed by atoms with Crippen LogP contribution in [0.15, 0.2) is 21.6 Å². The molecule has 6 nitrogen and oxygen atoms in total. The zero-order chi connectivity index (χ0) is 14.4. The molecule has 0 aliphatic heterocycles. The van der Waals surface area contributed by atoms with E-state index in [1.165, 1.54) is 9.75 Å². The number of thiophene rings is 1. The second-order valence-electron chi connectivity index (χ2n) is 4.29. The summed E-state index contributed by atoms with van der Waals surface area (Å²) in [5, 5.41) is 10.3. The van der Waals surface area contributed by atoms with Gasteiger partial charge in [0.25, 0.3) is 0 Å². The van der Waals surface area contributed by atoms with E-state index in [4.69, 9.17) is 4.52 Å². The molecular weight excluding hydrogens is 401 g/mol. The third kappa shape index (κ3) is 6.00. The molecule has 0 saturated heterocycles. The lowest BCUT2D eigenvalue weighted by atomic mass is 10.4. The van der Waals surface area contributed by atoms with Crippen molar-refractivity contribution in [3.63, 3.8) is 0 Å².